The lowest BCUT2D eigenvalue weighted by Crippen LogP contribution is -2.01. The highest BCUT2D eigenvalue weighted by Gasteiger charge is 2.17. The molecule has 0 bridgehead atoms. The lowest BCUT2D eigenvalue weighted by atomic mass is 10.0. The third-order valence-electron chi connectivity index (χ3n) is 2.37. The summed E-state index contributed by atoms with van der Waals surface area (Å²) >= 11 is 0. The first kappa shape index (κ1) is 13.1. The van der Waals surface area contributed by atoms with Crippen LogP contribution in [0.15, 0.2) is 6.07 Å². The summed E-state index contributed by atoms with van der Waals surface area (Å²) < 4.78 is 27.0. The molecule has 0 radical (unpaired) electrons. The SMILES string of the molecule is COc1cc(C)c(CS(=O)(=O)Cl)c(O)c1C. The highest BCUT2D eigenvalue weighted by molar-refractivity contribution is 8.13. The van der Waals surface area contributed by atoms with Crippen LogP contribution in [0.4, 0.5) is 0 Å². The van der Waals surface area contributed by atoms with Crippen molar-refractivity contribution in [2.24, 2.45) is 0 Å². The number of aryl methyl sites for hydroxylation is 1. The maximum Gasteiger partial charge on any atom is 0.236 e. The van der Waals surface area contributed by atoms with E-state index in [-0.39, 0.29) is 5.75 Å². The van der Waals surface area contributed by atoms with Gasteiger partial charge in [0, 0.05) is 21.8 Å². The number of benzene rings is 1. The molecule has 1 aromatic rings. The monoisotopic (exact) mass is 264 g/mol. The van der Waals surface area contributed by atoms with Crippen molar-refractivity contribution in [2.45, 2.75) is 19.6 Å². The van der Waals surface area contributed by atoms with Gasteiger partial charge in [-0.3, -0.25) is 0 Å². The number of rotatable bonds is 3. The lowest BCUT2D eigenvalue weighted by molar-refractivity contribution is 0.401. The van der Waals surface area contributed by atoms with Crippen LogP contribution in [0.25, 0.3) is 0 Å². The Kier molecular flexibility index (Phi) is 3.70. The number of phenols is 1. The van der Waals surface area contributed by atoms with E-state index in [0.29, 0.717) is 22.4 Å². The van der Waals surface area contributed by atoms with Crippen molar-refractivity contribution in [2.75, 3.05) is 7.11 Å². The molecule has 0 amide bonds. The highest BCUT2D eigenvalue weighted by atomic mass is 35.7. The van der Waals surface area contributed by atoms with Gasteiger partial charge in [0.05, 0.1) is 12.9 Å². The van der Waals surface area contributed by atoms with Gasteiger partial charge in [-0.1, -0.05) is 0 Å². The molecule has 0 aliphatic carbocycles. The molecule has 0 aromatic heterocycles. The summed E-state index contributed by atoms with van der Waals surface area (Å²) in [6.07, 6.45) is 0. The number of aromatic hydroxyl groups is 1. The molecule has 1 rings (SSSR count). The van der Waals surface area contributed by atoms with Crippen LogP contribution in [0.5, 0.6) is 11.5 Å². The Hall–Kier alpha value is -0.940. The van der Waals surface area contributed by atoms with E-state index in [4.69, 9.17) is 15.4 Å². The molecule has 0 saturated carbocycles. The van der Waals surface area contributed by atoms with Crippen LogP contribution in [0.1, 0.15) is 16.7 Å². The van der Waals surface area contributed by atoms with E-state index in [1.165, 1.54) is 7.11 Å². The van der Waals surface area contributed by atoms with Crippen LogP contribution >= 0.6 is 10.7 Å². The first-order chi connectivity index (χ1) is 7.26. The molecule has 90 valence electrons. The largest absolute Gasteiger partial charge is 0.507 e. The number of ether oxygens (including phenoxy) is 1. The van der Waals surface area contributed by atoms with Crippen molar-refractivity contribution >= 4 is 19.7 Å². The zero-order valence-electron chi connectivity index (χ0n) is 9.24. The number of phenolic OH excluding ortho intramolecular Hbond substituents is 1. The Morgan fingerprint density at radius 1 is 1.44 bits per heavy atom. The molecule has 6 heteroatoms. The summed E-state index contributed by atoms with van der Waals surface area (Å²) in [4.78, 5) is 0. The average Bonchev–Trinajstić information content (AvgIpc) is 2.17. The Balaban J connectivity index is 3.37. The van der Waals surface area contributed by atoms with Gasteiger partial charge in [-0.15, -0.1) is 0 Å². The molecule has 4 nitrogen and oxygen atoms in total. The second-order valence-corrected chi connectivity index (χ2v) is 6.31. The van der Waals surface area contributed by atoms with Crippen LogP contribution in [0.2, 0.25) is 0 Å². The minimum Gasteiger partial charge on any atom is -0.507 e. The van der Waals surface area contributed by atoms with Crippen molar-refractivity contribution in [1.29, 1.82) is 0 Å². The van der Waals surface area contributed by atoms with Gasteiger partial charge in [-0.25, -0.2) is 8.42 Å². The summed E-state index contributed by atoms with van der Waals surface area (Å²) in [6.45, 7) is 3.34. The van der Waals surface area contributed by atoms with Crippen LogP contribution in [0.3, 0.4) is 0 Å². The standard InChI is InChI=1S/C10H13ClO4S/c1-6-4-9(15-3)7(2)10(12)8(6)5-16(11,13)14/h4,12H,5H2,1-3H3. The zero-order chi connectivity index (χ0) is 12.5. The third-order valence-corrected chi connectivity index (χ3v) is 3.33. The maximum atomic E-state index is 11.0. The van der Waals surface area contributed by atoms with Gasteiger partial charge in [0.25, 0.3) is 0 Å². The fourth-order valence-electron chi connectivity index (χ4n) is 1.49. The van der Waals surface area contributed by atoms with Crippen molar-refractivity contribution in [1.82, 2.24) is 0 Å². The van der Waals surface area contributed by atoms with Gasteiger partial charge >= 0.3 is 0 Å². The maximum absolute atomic E-state index is 11.0. The van der Waals surface area contributed by atoms with Gasteiger partial charge in [0.2, 0.25) is 9.05 Å². The van der Waals surface area contributed by atoms with E-state index in [0.717, 1.165) is 0 Å². The van der Waals surface area contributed by atoms with Gasteiger partial charge in [-0.05, 0) is 25.5 Å². The van der Waals surface area contributed by atoms with Gasteiger partial charge < -0.3 is 9.84 Å². The fourth-order valence-corrected chi connectivity index (χ4v) is 2.52. The molecule has 0 spiro atoms. The molecule has 0 unspecified atom stereocenters. The molecular weight excluding hydrogens is 252 g/mol. The Morgan fingerprint density at radius 2 is 2.00 bits per heavy atom. The summed E-state index contributed by atoms with van der Waals surface area (Å²) in [5, 5.41) is 9.85. The molecule has 0 aliphatic heterocycles. The summed E-state index contributed by atoms with van der Waals surface area (Å²) in [5.41, 5.74) is 1.45. The molecule has 16 heavy (non-hydrogen) atoms. The van der Waals surface area contributed by atoms with Crippen LogP contribution in [-0.4, -0.2) is 20.6 Å². The molecule has 0 saturated heterocycles. The highest BCUT2D eigenvalue weighted by Crippen LogP contribution is 2.34. The molecule has 0 heterocycles. The van der Waals surface area contributed by atoms with E-state index in [2.05, 4.69) is 0 Å². The number of methoxy groups -OCH3 is 1. The van der Waals surface area contributed by atoms with Crippen LogP contribution in [0, 0.1) is 13.8 Å². The second kappa shape index (κ2) is 4.51. The van der Waals surface area contributed by atoms with Crippen molar-refractivity contribution in [3.63, 3.8) is 0 Å². The molecule has 0 fully saturated rings. The predicted molar refractivity (Wildman–Crippen MR) is 62.6 cm³/mol. The van der Waals surface area contributed by atoms with E-state index in [1.807, 2.05) is 0 Å². The minimum absolute atomic E-state index is 0.0823. The van der Waals surface area contributed by atoms with Gasteiger partial charge in [-0.2, -0.15) is 0 Å². The Morgan fingerprint density at radius 3 is 2.44 bits per heavy atom. The van der Waals surface area contributed by atoms with Gasteiger partial charge in [0.1, 0.15) is 11.5 Å². The molecule has 1 aromatic carbocycles. The zero-order valence-corrected chi connectivity index (χ0v) is 10.8. The Labute approximate surface area is 99.2 Å². The number of hydrogen-bond donors (Lipinski definition) is 1. The normalized spacial score (nSPS) is 11.5. The van der Waals surface area contributed by atoms with Gasteiger partial charge in [0.15, 0.2) is 0 Å². The summed E-state index contributed by atoms with van der Waals surface area (Å²) in [7, 11) is 2.97. The average molecular weight is 265 g/mol. The van der Waals surface area contributed by atoms with E-state index in [1.54, 1.807) is 19.9 Å². The van der Waals surface area contributed by atoms with Crippen LogP contribution < -0.4 is 4.74 Å². The van der Waals surface area contributed by atoms with Crippen molar-refractivity contribution in [3.8, 4) is 11.5 Å². The van der Waals surface area contributed by atoms with Crippen molar-refractivity contribution in [3.05, 3.63) is 22.8 Å². The second-order valence-electron chi connectivity index (χ2n) is 3.53. The molecule has 0 atom stereocenters. The molecular formula is C10H13ClO4S. The Bertz CT molecular complexity index is 508. The summed E-state index contributed by atoms with van der Waals surface area (Å²) in [5.74, 6) is 0.0450. The van der Waals surface area contributed by atoms with E-state index in [9.17, 15) is 13.5 Å². The topological polar surface area (TPSA) is 63.6 Å². The first-order valence-electron chi connectivity index (χ1n) is 4.54. The van der Waals surface area contributed by atoms with E-state index < -0.39 is 14.8 Å². The lowest BCUT2D eigenvalue weighted by Gasteiger charge is -2.13. The van der Waals surface area contributed by atoms with E-state index >= 15 is 0 Å². The third kappa shape index (κ3) is 2.80. The number of hydrogen-bond acceptors (Lipinski definition) is 4. The fraction of sp³-hybridized carbons (Fsp3) is 0.400. The van der Waals surface area contributed by atoms with Crippen LogP contribution in [-0.2, 0) is 14.8 Å². The molecule has 0 aliphatic rings. The first-order valence-corrected chi connectivity index (χ1v) is 7.02. The molecule has 1 N–H and O–H groups in total. The predicted octanol–water partition coefficient (Wildman–Crippen LogP) is 2.09. The smallest absolute Gasteiger partial charge is 0.236 e. The minimum atomic E-state index is -3.69. The quantitative estimate of drug-likeness (QED) is 0.849. The van der Waals surface area contributed by atoms with Crippen molar-refractivity contribution < 1.29 is 18.3 Å². The number of halogens is 1. The summed E-state index contributed by atoms with van der Waals surface area (Å²) in [6, 6.07) is 1.67.